The first-order valence-corrected chi connectivity index (χ1v) is 5.98. The van der Waals surface area contributed by atoms with Gasteiger partial charge in [-0.3, -0.25) is 0 Å². The molecular formula is C14H21N3. The number of benzene rings is 1. The van der Waals surface area contributed by atoms with E-state index in [0.29, 0.717) is 17.5 Å². The summed E-state index contributed by atoms with van der Waals surface area (Å²) in [5.74, 6) is 0.646. The molecule has 0 aromatic heterocycles. The van der Waals surface area contributed by atoms with Gasteiger partial charge in [-0.05, 0) is 37.5 Å². The van der Waals surface area contributed by atoms with E-state index in [1.54, 1.807) is 12.1 Å². The van der Waals surface area contributed by atoms with Crippen molar-refractivity contribution < 1.29 is 0 Å². The lowest BCUT2D eigenvalue weighted by Gasteiger charge is -2.29. The predicted molar refractivity (Wildman–Crippen MR) is 72.9 cm³/mol. The van der Waals surface area contributed by atoms with E-state index in [-0.39, 0.29) is 0 Å². The molecule has 92 valence electrons. The fourth-order valence-corrected chi connectivity index (χ4v) is 2.00. The van der Waals surface area contributed by atoms with Crippen LogP contribution >= 0.6 is 0 Å². The molecule has 0 amide bonds. The van der Waals surface area contributed by atoms with Gasteiger partial charge in [-0.2, -0.15) is 5.26 Å². The Morgan fingerprint density at radius 1 is 1.35 bits per heavy atom. The van der Waals surface area contributed by atoms with Gasteiger partial charge in [-0.25, -0.2) is 0 Å². The number of nitrogens with zero attached hydrogens (tertiary/aromatic N) is 2. The van der Waals surface area contributed by atoms with E-state index in [9.17, 15) is 0 Å². The summed E-state index contributed by atoms with van der Waals surface area (Å²) in [6, 6.07) is 7.96. The number of hydrogen-bond donors (Lipinski definition) is 1. The second-order valence-electron chi connectivity index (χ2n) is 4.97. The summed E-state index contributed by atoms with van der Waals surface area (Å²) in [6.07, 6.45) is 1.10. The second-order valence-corrected chi connectivity index (χ2v) is 4.97. The van der Waals surface area contributed by atoms with Crippen molar-refractivity contribution in [3.63, 3.8) is 0 Å². The Kier molecular flexibility index (Phi) is 4.39. The lowest BCUT2D eigenvalue weighted by molar-refractivity contribution is 0.504. The van der Waals surface area contributed by atoms with Crippen molar-refractivity contribution in [3.8, 4) is 6.07 Å². The SMILES string of the molecule is CC(C)CC(C)N(C)c1cc(C#N)ccc1N. The van der Waals surface area contributed by atoms with Gasteiger partial charge >= 0.3 is 0 Å². The Bertz CT molecular complexity index is 418. The topological polar surface area (TPSA) is 53.0 Å². The van der Waals surface area contributed by atoms with Gasteiger partial charge in [0, 0.05) is 13.1 Å². The molecule has 0 radical (unpaired) electrons. The smallest absolute Gasteiger partial charge is 0.0992 e. The van der Waals surface area contributed by atoms with Gasteiger partial charge in [-0.15, -0.1) is 0 Å². The molecule has 1 rings (SSSR count). The Hall–Kier alpha value is -1.69. The average molecular weight is 231 g/mol. The van der Waals surface area contributed by atoms with Crippen LogP contribution in [0.25, 0.3) is 0 Å². The van der Waals surface area contributed by atoms with Gasteiger partial charge in [0.2, 0.25) is 0 Å². The Morgan fingerprint density at radius 2 is 2.00 bits per heavy atom. The molecule has 0 saturated carbocycles. The predicted octanol–water partition coefficient (Wildman–Crippen LogP) is 3.01. The molecule has 0 aliphatic rings. The standard InChI is InChI=1S/C14H21N3/c1-10(2)7-11(3)17(4)14-8-12(9-15)5-6-13(14)16/h5-6,8,10-11H,7,16H2,1-4H3. The quantitative estimate of drug-likeness (QED) is 0.810. The maximum Gasteiger partial charge on any atom is 0.0992 e. The third-order valence-electron chi connectivity index (χ3n) is 3.01. The lowest BCUT2D eigenvalue weighted by atomic mass is 10.0. The zero-order valence-corrected chi connectivity index (χ0v) is 11.1. The molecule has 3 nitrogen and oxygen atoms in total. The molecule has 0 bridgehead atoms. The number of rotatable bonds is 4. The first-order chi connectivity index (χ1) is 7.95. The van der Waals surface area contributed by atoms with E-state index in [1.165, 1.54) is 0 Å². The molecule has 0 aliphatic heterocycles. The Labute approximate surface area is 104 Å². The van der Waals surface area contributed by atoms with Gasteiger partial charge in [0.25, 0.3) is 0 Å². The van der Waals surface area contributed by atoms with Crippen molar-refractivity contribution in [3.05, 3.63) is 23.8 Å². The zero-order chi connectivity index (χ0) is 13.0. The molecule has 1 aromatic carbocycles. The van der Waals surface area contributed by atoms with Gasteiger partial charge < -0.3 is 10.6 Å². The van der Waals surface area contributed by atoms with Crippen LogP contribution in [0.2, 0.25) is 0 Å². The molecule has 0 heterocycles. The summed E-state index contributed by atoms with van der Waals surface area (Å²) < 4.78 is 0. The summed E-state index contributed by atoms with van der Waals surface area (Å²) in [5.41, 5.74) is 8.28. The molecule has 1 aromatic rings. The molecule has 1 unspecified atom stereocenters. The fourth-order valence-electron chi connectivity index (χ4n) is 2.00. The number of hydrogen-bond acceptors (Lipinski definition) is 3. The number of nitriles is 1. The van der Waals surface area contributed by atoms with Crippen molar-refractivity contribution in [2.75, 3.05) is 17.7 Å². The normalized spacial score (nSPS) is 12.2. The van der Waals surface area contributed by atoms with Crippen molar-refractivity contribution in [1.82, 2.24) is 0 Å². The molecule has 0 aliphatic carbocycles. The molecule has 2 N–H and O–H groups in total. The van der Waals surface area contributed by atoms with Crippen LogP contribution in [0.4, 0.5) is 11.4 Å². The monoisotopic (exact) mass is 231 g/mol. The van der Waals surface area contributed by atoms with Crippen LogP contribution in [0.5, 0.6) is 0 Å². The molecular weight excluding hydrogens is 210 g/mol. The van der Waals surface area contributed by atoms with Crippen LogP contribution in [0.1, 0.15) is 32.8 Å². The number of nitrogens with two attached hydrogens (primary N) is 1. The highest BCUT2D eigenvalue weighted by Crippen LogP contribution is 2.26. The van der Waals surface area contributed by atoms with Gasteiger partial charge in [0.15, 0.2) is 0 Å². The van der Waals surface area contributed by atoms with Crippen molar-refractivity contribution >= 4 is 11.4 Å². The van der Waals surface area contributed by atoms with Crippen LogP contribution < -0.4 is 10.6 Å². The number of anilines is 2. The maximum absolute atomic E-state index is 8.91. The minimum atomic E-state index is 0.409. The lowest BCUT2D eigenvalue weighted by Crippen LogP contribution is -2.30. The van der Waals surface area contributed by atoms with E-state index in [2.05, 4.69) is 31.7 Å². The molecule has 3 heteroatoms. The van der Waals surface area contributed by atoms with Crippen molar-refractivity contribution in [2.24, 2.45) is 5.92 Å². The largest absolute Gasteiger partial charge is 0.397 e. The van der Waals surface area contributed by atoms with Crippen LogP contribution in [-0.4, -0.2) is 13.1 Å². The fraction of sp³-hybridized carbons (Fsp3) is 0.500. The Balaban J connectivity index is 2.95. The first-order valence-electron chi connectivity index (χ1n) is 5.98. The van der Waals surface area contributed by atoms with Gasteiger partial charge in [0.1, 0.15) is 0 Å². The summed E-state index contributed by atoms with van der Waals surface area (Å²) >= 11 is 0. The van der Waals surface area contributed by atoms with Gasteiger partial charge in [-0.1, -0.05) is 13.8 Å². The van der Waals surface area contributed by atoms with Crippen LogP contribution in [-0.2, 0) is 0 Å². The molecule has 17 heavy (non-hydrogen) atoms. The summed E-state index contributed by atoms with van der Waals surface area (Å²) in [7, 11) is 2.03. The van der Waals surface area contributed by atoms with Crippen LogP contribution in [0.15, 0.2) is 18.2 Å². The average Bonchev–Trinajstić information content (AvgIpc) is 2.28. The molecule has 0 saturated heterocycles. The highest BCUT2D eigenvalue weighted by atomic mass is 15.1. The van der Waals surface area contributed by atoms with E-state index >= 15 is 0 Å². The van der Waals surface area contributed by atoms with E-state index in [0.717, 1.165) is 17.8 Å². The molecule has 1 atom stereocenters. The Morgan fingerprint density at radius 3 is 2.53 bits per heavy atom. The second kappa shape index (κ2) is 5.58. The minimum Gasteiger partial charge on any atom is -0.397 e. The first kappa shape index (κ1) is 13.4. The van der Waals surface area contributed by atoms with Gasteiger partial charge in [0.05, 0.1) is 23.0 Å². The maximum atomic E-state index is 8.91. The minimum absolute atomic E-state index is 0.409. The molecule has 0 spiro atoms. The highest BCUT2D eigenvalue weighted by Gasteiger charge is 2.14. The zero-order valence-electron chi connectivity index (χ0n) is 11.1. The summed E-state index contributed by atoms with van der Waals surface area (Å²) in [6.45, 7) is 6.59. The van der Waals surface area contributed by atoms with E-state index < -0.39 is 0 Å². The summed E-state index contributed by atoms with van der Waals surface area (Å²) in [5, 5.41) is 8.91. The van der Waals surface area contributed by atoms with E-state index in [4.69, 9.17) is 11.0 Å². The van der Waals surface area contributed by atoms with Crippen LogP contribution in [0, 0.1) is 17.2 Å². The number of nitrogen functional groups attached to an aromatic ring is 1. The highest BCUT2D eigenvalue weighted by molar-refractivity contribution is 5.69. The van der Waals surface area contributed by atoms with Crippen molar-refractivity contribution in [2.45, 2.75) is 33.2 Å². The third kappa shape index (κ3) is 3.39. The van der Waals surface area contributed by atoms with E-state index in [1.807, 2.05) is 13.1 Å². The van der Waals surface area contributed by atoms with Crippen LogP contribution in [0.3, 0.4) is 0 Å². The molecule has 0 fully saturated rings. The summed E-state index contributed by atoms with van der Waals surface area (Å²) in [4.78, 5) is 2.15. The third-order valence-corrected chi connectivity index (χ3v) is 3.01. The van der Waals surface area contributed by atoms with Crippen molar-refractivity contribution in [1.29, 1.82) is 5.26 Å².